The van der Waals surface area contributed by atoms with E-state index in [4.69, 9.17) is 9.31 Å². The second-order valence-corrected chi connectivity index (χ2v) is 7.44. The van der Waals surface area contributed by atoms with Gasteiger partial charge in [0.1, 0.15) is 5.82 Å². The van der Waals surface area contributed by atoms with E-state index >= 15 is 0 Å². The fraction of sp³-hybridized carbons (Fsp3) is 0.688. The van der Waals surface area contributed by atoms with Crippen molar-refractivity contribution in [3.05, 3.63) is 18.2 Å². The van der Waals surface area contributed by atoms with Crippen LogP contribution in [0.4, 0.5) is 0 Å². The molecule has 0 amide bonds. The molecule has 3 rings (SSSR count). The number of aliphatic carboxylic acids is 1. The van der Waals surface area contributed by atoms with Crippen LogP contribution in [-0.2, 0) is 14.1 Å². The van der Waals surface area contributed by atoms with E-state index in [-0.39, 0.29) is 11.8 Å². The zero-order valence-electron chi connectivity index (χ0n) is 14.1. The summed E-state index contributed by atoms with van der Waals surface area (Å²) in [5.41, 5.74) is -0.0517. The number of hydrogen-bond donors (Lipinski definition) is 1. The lowest BCUT2D eigenvalue weighted by Crippen LogP contribution is -2.41. The van der Waals surface area contributed by atoms with Gasteiger partial charge in [-0.2, -0.15) is 0 Å². The van der Waals surface area contributed by atoms with Crippen molar-refractivity contribution in [3.8, 4) is 0 Å². The van der Waals surface area contributed by atoms with Crippen LogP contribution in [0.5, 0.6) is 0 Å². The van der Waals surface area contributed by atoms with Crippen LogP contribution in [0.3, 0.4) is 0 Å². The molecule has 1 aliphatic carbocycles. The molecule has 2 fully saturated rings. The molecule has 6 nitrogen and oxygen atoms in total. The Kier molecular flexibility index (Phi) is 3.96. The van der Waals surface area contributed by atoms with Gasteiger partial charge in [-0.25, -0.2) is 9.97 Å². The highest BCUT2D eigenvalue weighted by molar-refractivity contribution is 6.61. The summed E-state index contributed by atoms with van der Waals surface area (Å²) in [6.45, 7) is 7.99. The van der Waals surface area contributed by atoms with Crippen LogP contribution in [0, 0.1) is 5.92 Å². The molecule has 0 radical (unpaired) electrons. The number of carboxylic acid groups (broad SMARTS) is 1. The van der Waals surface area contributed by atoms with Gasteiger partial charge in [0.05, 0.1) is 17.1 Å². The van der Waals surface area contributed by atoms with Crippen molar-refractivity contribution in [2.24, 2.45) is 5.92 Å². The molecule has 1 aliphatic heterocycles. The number of rotatable bonds is 3. The van der Waals surface area contributed by atoms with E-state index < -0.39 is 24.3 Å². The van der Waals surface area contributed by atoms with Crippen molar-refractivity contribution in [2.45, 2.75) is 64.1 Å². The lowest BCUT2D eigenvalue weighted by atomic mass is 9.81. The third-order valence-electron chi connectivity index (χ3n) is 5.38. The Bertz CT molecular complexity index is 587. The summed E-state index contributed by atoms with van der Waals surface area (Å²) in [5, 5.41) is 9.29. The van der Waals surface area contributed by atoms with Gasteiger partial charge in [-0.1, -0.05) is 6.42 Å². The highest BCUT2D eigenvalue weighted by Gasteiger charge is 2.52. The first-order valence-corrected chi connectivity index (χ1v) is 8.11. The smallest absolute Gasteiger partial charge is 0.481 e. The lowest BCUT2D eigenvalue weighted by molar-refractivity contribution is -0.142. The van der Waals surface area contributed by atoms with E-state index in [1.807, 2.05) is 27.7 Å². The summed E-state index contributed by atoms with van der Waals surface area (Å²) in [7, 11) is -0.493. The zero-order valence-corrected chi connectivity index (χ0v) is 14.1. The molecule has 2 heterocycles. The Morgan fingerprint density at radius 2 is 1.74 bits per heavy atom. The Balaban J connectivity index is 1.77. The first-order chi connectivity index (χ1) is 10.7. The van der Waals surface area contributed by atoms with Crippen molar-refractivity contribution >= 4 is 18.6 Å². The highest BCUT2D eigenvalue weighted by atomic mass is 16.7. The minimum Gasteiger partial charge on any atom is -0.481 e. The monoisotopic (exact) mass is 318 g/mol. The lowest BCUT2D eigenvalue weighted by Gasteiger charge is -2.32. The Morgan fingerprint density at radius 1 is 1.17 bits per heavy atom. The molecule has 1 aromatic rings. The van der Waals surface area contributed by atoms with E-state index in [0.717, 1.165) is 18.3 Å². The van der Waals surface area contributed by atoms with Gasteiger partial charge in [-0.05, 0) is 40.5 Å². The normalized spacial score (nSPS) is 29.0. The maximum atomic E-state index is 11.3. The summed E-state index contributed by atoms with van der Waals surface area (Å²) in [5.74, 6) is -0.626. The molecule has 1 saturated carbocycles. The van der Waals surface area contributed by atoms with Crippen LogP contribution < -0.4 is 5.46 Å². The van der Waals surface area contributed by atoms with Crippen molar-refractivity contribution in [1.29, 1.82) is 0 Å². The summed E-state index contributed by atoms with van der Waals surface area (Å²) < 4.78 is 12.0. The van der Waals surface area contributed by atoms with E-state index in [1.54, 1.807) is 12.4 Å². The van der Waals surface area contributed by atoms with Gasteiger partial charge in [-0.3, -0.25) is 4.79 Å². The molecule has 2 atom stereocenters. The Labute approximate surface area is 136 Å². The van der Waals surface area contributed by atoms with Gasteiger partial charge >= 0.3 is 13.1 Å². The Morgan fingerprint density at radius 3 is 2.26 bits per heavy atom. The first kappa shape index (κ1) is 16.4. The number of carbonyl (C=O) groups is 1. The third kappa shape index (κ3) is 2.88. The molecule has 124 valence electrons. The molecule has 0 aromatic carbocycles. The molecule has 7 heteroatoms. The fourth-order valence-corrected chi connectivity index (χ4v) is 3.21. The van der Waals surface area contributed by atoms with Gasteiger partial charge in [0.15, 0.2) is 0 Å². The van der Waals surface area contributed by atoms with Crippen LogP contribution >= 0.6 is 0 Å². The number of hydrogen-bond acceptors (Lipinski definition) is 5. The van der Waals surface area contributed by atoms with Crippen molar-refractivity contribution in [3.63, 3.8) is 0 Å². The molecule has 1 unspecified atom stereocenters. The van der Waals surface area contributed by atoms with E-state index in [9.17, 15) is 9.90 Å². The van der Waals surface area contributed by atoms with Crippen molar-refractivity contribution in [2.75, 3.05) is 0 Å². The first-order valence-electron chi connectivity index (χ1n) is 8.11. The average Bonchev–Trinajstić information content (AvgIpc) is 3.02. The summed E-state index contributed by atoms with van der Waals surface area (Å²) in [6.07, 6.45) is 5.82. The van der Waals surface area contributed by atoms with Gasteiger partial charge < -0.3 is 14.4 Å². The number of nitrogens with zero attached hydrogens (tertiary/aromatic N) is 2. The average molecular weight is 318 g/mol. The SMILES string of the molecule is CC1(C)OB(c2cnc(C3CCC[C@H]3C(=O)O)nc2)OC1(C)C. The van der Waals surface area contributed by atoms with E-state index in [2.05, 4.69) is 9.97 Å². The van der Waals surface area contributed by atoms with Crippen LogP contribution in [0.15, 0.2) is 12.4 Å². The van der Waals surface area contributed by atoms with E-state index in [1.165, 1.54) is 0 Å². The Hall–Kier alpha value is -1.47. The minimum atomic E-state index is -0.758. The quantitative estimate of drug-likeness (QED) is 0.855. The van der Waals surface area contributed by atoms with Gasteiger partial charge in [0.25, 0.3) is 0 Å². The van der Waals surface area contributed by atoms with Gasteiger partial charge in [0.2, 0.25) is 0 Å². The van der Waals surface area contributed by atoms with Crippen LogP contribution in [-0.4, -0.2) is 39.4 Å². The fourth-order valence-electron chi connectivity index (χ4n) is 3.21. The highest BCUT2D eigenvalue weighted by Crippen LogP contribution is 2.38. The molecule has 0 bridgehead atoms. The standard InChI is InChI=1S/C16H23BN2O4/c1-15(2)16(3,4)23-17(22-15)10-8-18-13(19-9-10)11-6-5-7-12(11)14(20)21/h8-9,11-12H,5-7H2,1-4H3,(H,20,21)/t11?,12-/m1/s1. The number of aromatic nitrogens is 2. The molecular formula is C16H23BN2O4. The second-order valence-electron chi connectivity index (χ2n) is 7.44. The molecule has 2 aliphatic rings. The predicted octanol–water partition coefficient (Wildman–Crippen LogP) is 1.74. The summed E-state index contributed by atoms with van der Waals surface area (Å²) in [6, 6.07) is 0. The maximum absolute atomic E-state index is 11.3. The largest absolute Gasteiger partial charge is 0.498 e. The van der Waals surface area contributed by atoms with Crippen molar-refractivity contribution < 1.29 is 19.2 Å². The van der Waals surface area contributed by atoms with Crippen molar-refractivity contribution in [1.82, 2.24) is 9.97 Å². The maximum Gasteiger partial charge on any atom is 0.498 e. The number of carboxylic acids is 1. The molecule has 0 spiro atoms. The molecule has 1 saturated heterocycles. The molecule has 1 N–H and O–H groups in total. The summed E-state index contributed by atoms with van der Waals surface area (Å²) in [4.78, 5) is 20.1. The van der Waals surface area contributed by atoms with Crippen LogP contribution in [0.25, 0.3) is 0 Å². The minimum absolute atomic E-state index is 0.0974. The predicted molar refractivity (Wildman–Crippen MR) is 85.5 cm³/mol. The van der Waals surface area contributed by atoms with Crippen LogP contribution in [0.1, 0.15) is 58.7 Å². The third-order valence-corrected chi connectivity index (χ3v) is 5.38. The van der Waals surface area contributed by atoms with E-state index in [0.29, 0.717) is 12.2 Å². The molecule has 23 heavy (non-hydrogen) atoms. The summed E-state index contributed by atoms with van der Waals surface area (Å²) >= 11 is 0. The second kappa shape index (κ2) is 5.56. The van der Waals surface area contributed by atoms with Crippen LogP contribution in [0.2, 0.25) is 0 Å². The topological polar surface area (TPSA) is 81.5 Å². The zero-order chi connectivity index (χ0) is 16.8. The van der Waals surface area contributed by atoms with Gasteiger partial charge in [-0.15, -0.1) is 0 Å². The van der Waals surface area contributed by atoms with Gasteiger partial charge in [0, 0.05) is 23.8 Å². The molecule has 1 aromatic heterocycles. The molecular weight excluding hydrogens is 295 g/mol.